The second kappa shape index (κ2) is 11.2. The van der Waals surface area contributed by atoms with Crippen LogP contribution in [0.2, 0.25) is 0 Å². The molecule has 2 heterocycles. The van der Waals surface area contributed by atoms with E-state index in [1.807, 2.05) is 6.92 Å². The molecule has 1 N–H and O–H groups in total. The fourth-order valence-corrected chi connectivity index (χ4v) is 4.13. The Morgan fingerprint density at radius 2 is 1.72 bits per heavy atom. The first-order valence-corrected chi connectivity index (χ1v) is 11.2. The smallest absolute Gasteiger partial charge is 0.309 e. The Kier molecular flexibility index (Phi) is 8.35. The van der Waals surface area contributed by atoms with E-state index < -0.39 is 0 Å². The second-order valence-corrected chi connectivity index (χ2v) is 7.98. The summed E-state index contributed by atoms with van der Waals surface area (Å²) in [6.45, 7) is 11.1. The van der Waals surface area contributed by atoms with Crippen LogP contribution >= 0.6 is 0 Å². The third-order valence-corrected chi connectivity index (χ3v) is 5.79. The minimum absolute atomic E-state index is 0.0252. The van der Waals surface area contributed by atoms with E-state index in [1.165, 1.54) is 37.1 Å². The predicted molar refractivity (Wildman–Crippen MR) is 117 cm³/mol. The van der Waals surface area contributed by atoms with E-state index in [0.29, 0.717) is 13.2 Å². The van der Waals surface area contributed by atoms with Crippen molar-refractivity contribution in [2.75, 3.05) is 39.3 Å². The largest absolute Gasteiger partial charge is 0.466 e. The highest BCUT2D eigenvalue weighted by molar-refractivity contribution is 5.80. The van der Waals surface area contributed by atoms with Crippen molar-refractivity contribution in [1.82, 2.24) is 15.1 Å². The highest BCUT2D eigenvalue weighted by Crippen LogP contribution is 2.19. The van der Waals surface area contributed by atoms with Gasteiger partial charge in [-0.1, -0.05) is 24.3 Å². The summed E-state index contributed by atoms with van der Waals surface area (Å²) < 4.78 is 5.17. The molecule has 0 amide bonds. The van der Waals surface area contributed by atoms with Crippen LogP contribution in [-0.4, -0.2) is 61.1 Å². The average molecular weight is 401 g/mol. The molecule has 0 spiro atoms. The number of guanidine groups is 1. The molecule has 160 valence electrons. The van der Waals surface area contributed by atoms with E-state index in [-0.39, 0.29) is 11.9 Å². The van der Waals surface area contributed by atoms with Crippen LogP contribution in [0, 0.1) is 5.92 Å². The number of nitrogens with one attached hydrogen (secondary N) is 1. The lowest BCUT2D eigenvalue weighted by atomic mass is 9.97. The van der Waals surface area contributed by atoms with Gasteiger partial charge >= 0.3 is 5.97 Å². The molecule has 0 unspecified atom stereocenters. The molecule has 6 heteroatoms. The summed E-state index contributed by atoms with van der Waals surface area (Å²) >= 11 is 0. The molecule has 3 rings (SSSR count). The lowest BCUT2D eigenvalue weighted by Gasteiger charge is -2.33. The van der Waals surface area contributed by atoms with Gasteiger partial charge in [0.2, 0.25) is 0 Å². The van der Waals surface area contributed by atoms with Gasteiger partial charge in [-0.3, -0.25) is 9.69 Å². The zero-order valence-electron chi connectivity index (χ0n) is 18.0. The second-order valence-electron chi connectivity index (χ2n) is 7.98. The van der Waals surface area contributed by atoms with Gasteiger partial charge in [-0.25, -0.2) is 4.99 Å². The normalized spacial score (nSPS) is 18.8. The number of ether oxygens (including phenoxy) is 1. The third-order valence-electron chi connectivity index (χ3n) is 5.79. The first kappa shape index (κ1) is 21.6. The van der Waals surface area contributed by atoms with E-state index in [4.69, 9.17) is 9.73 Å². The number of hydrogen-bond acceptors (Lipinski definition) is 4. The van der Waals surface area contributed by atoms with Gasteiger partial charge in [-0.05, 0) is 63.7 Å². The Labute approximate surface area is 175 Å². The minimum Gasteiger partial charge on any atom is -0.466 e. The van der Waals surface area contributed by atoms with Crippen LogP contribution < -0.4 is 5.32 Å². The van der Waals surface area contributed by atoms with E-state index in [2.05, 4.69) is 46.3 Å². The Balaban J connectivity index is 1.53. The van der Waals surface area contributed by atoms with Gasteiger partial charge in [-0.15, -0.1) is 0 Å². The van der Waals surface area contributed by atoms with Crippen molar-refractivity contribution >= 4 is 11.9 Å². The lowest BCUT2D eigenvalue weighted by Crippen LogP contribution is -2.46. The van der Waals surface area contributed by atoms with Crippen molar-refractivity contribution in [2.45, 2.75) is 52.6 Å². The fraction of sp³-hybridized carbons (Fsp3) is 0.652. The molecule has 2 aliphatic rings. The molecule has 0 aliphatic carbocycles. The van der Waals surface area contributed by atoms with Crippen LogP contribution in [0.1, 0.15) is 50.7 Å². The molecule has 0 saturated carbocycles. The van der Waals surface area contributed by atoms with Gasteiger partial charge in [0.1, 0.15) is 0 Å². The van der Waals surface area contributed by atoms with Gasteiger partial charge in [0.15, 0.2) is 5.96 Å². The third kappa shape index (κ3) is 6.46. The summed E-state index contributed by atoms with van der Waals surface area (Å²) in [5.74, 6) is 0.913. The van der Waals surface area contributed by atoms with Gasteiger partial charge in [0, 0.05) is 26.2 Å². The summed E-state index contributed by atoms with van der Waals surface area (Å²) in [4.78, 5) is 21.6. The highest BCUT2D eigenvalue weighted by atomic mass is 16.5. The summed E-state index contributed by atoms with van der Waals surface area (Å²) in [5, 5.41) is 3.40. The molecule has 2 fully saturated rings. The number of benzene rings is 1. The van der Waals surface area contributed by atoms with Crippen molar-refractivity contribution in [3.05, 3.63) is 35.4 Å². The SMILES string of the molecule is CCNC(=NCc1ccc(CN2CCCC2)cc1)N1CCC(C(=O)OCC)CC1. The Bertz CT molecular complexity index is 660. The van der Waals surface area contributed by atoms with Crippen molar-refractivity contribution in [1.29, 1.82) is 0 Å². The predicted octanol–water partition coefficient (Wildman–Crippen LogP) is 3.02. The van der Waals surface area contributed by atoms with Gasteiger partial charge in [-0.2, -0.15) is 0 Å². The quantitative estimate of drug-likeness (QED) is 0.433. The zero-order chi connectivity index (χ0) is 20.5. The minimum atomic E-state index is -0.0527. The molecular weight excluding hydrogens is 364 g/mol. The molecule has 0 atom stereocenters. The number of nitrogens with zero attached hydrogens (tertiary/aromatic N) is 3. The molecule has 2 saturated heterocycles. The summed E-state index contributed by atoms with van der Waals surface area (Å²) in [6.07, 6.45) is 4.32. The topological polar surface area (TPSA) is 57.2 Å². The molecule has 1 aromatic carbocycles. The maximum atomic E-state index is 12.0. The zero-order valence-corrected chi connectivity index (χ0v) is 18.0. The first-order chi connectivity index (χ1) is 14.2. The lowest BCUT2D eigenvalue weighted by molar-refractivity contribution is -0.149. The van der Waals surface area contributed by atoms with Crippen molar-refractivity contribution in [3.8, 4) is 0 Å². The van der Waals surface area contributed by atoms with Gasteiger partial charge in [0.25, 0.3) is 0 Å². The maximum absolute atomic E-state index is 12.0. The van der Waals surface area contributed by atoms with Crippen LogP contribution in [-0.2, 0) is 22.6 Å². The molecule has 29 heavy (non-hydrogen) atoms. The van der Waals surface area contributed by atoms with Crippen molar-refractivity contribution in [2.24, 2.45) is 10.9 Å². The number of aliphatic imine (C=N–C) groups is 1. The molecule has 0 aromatic heterocycles. The Morgan fingerprint density at radius 3 is 2.34 bits per heavy atom. The first-order valence-electron chi connectivity index (χ1n) is 11.2. The van der Waals surface area contributed by atoms with Crippen molar-refractivity contribution in [3.63, 3.8) is 0 Å². The number of rotatable bonds is 7. The van der Waals surface area contributed by atoms with E-state index in [1.54, 1.807) is 0 Å². The van der Waals surface area contributed by atoms with Crippen LogP contribution in [0.4, 0.5) is 0 Å². The molecule has 2 aliphatic heterocycles. The maximum Gasteiger partial charge on any atom is 0.309 e. The molecule has 0 radical (unpaired) electrons. The van der Waals surface area contributed by atoms with Crippen LogP contribution in [0.15, 0.2) is 29.3 Å². The fourth-order valence-electron chi connectivity index (χ4n) is 4.13. The molecule has 6 nitrogen and oxygen atoms in total. The molecule has 1 aromatic rings. The summed E-state index contributed by atoms with van der Waals surface area (Å²) in [7, 11) is 0. The summed E-state index contributed by atoms with van der Waals surface area (Å²) in [6, 6.07) is 8.87. The molecular formula is C23H36N4O2. The monoisotopic (exact) mass is 400 g/mol. The van der Waals surface area contributed by atoms with E-state index in [9.17, 15) is 4.79 Å². The van der Waals surface area contributed by atoms with E-state index in [0.717, 1.165) is 45.0 Å². The number of carbonyl (C=O) groups excluding carboxylic acids is 1. The van der Waals surface area contributed by atoms with Gasteiger partial charge < -0.3 is 15.0 Å². The number of piperidine rings is 1. The molecule has 0 bridgehead atoms. The van der Waals surface area contributed by atoms with Gasteiger partial charge in [0.05, 0.1) is 19.1 Å². The average Bonchev–Trinajstić information content (AvgIpc) is 3.25. The van der Waals surface area contributed by atoms with Crippen LogP contribution in [0.3, 0.4) is 0 Å². The highest BCUT2D eigenvalue weighted by Gasteiger charge is 2.27. The number of likely N-dealkylation sites (tertiary alicyclic amines) is 2. The standard InChI is InChI=1S/C23H36N4O2/c1-3-24-23(27-15-11-21(12-16-27)22(28)29-4-2)25-17-19-7-9-20(10-8-19)18-26-13-5-6-14-26/h7-10,21H,3-6,11-18H2,1-2H3,(H,24,25). The summed E-state index contributed by atoms with van der Waals surface area (Å²) in [5.41, 5.74) is 2.61. The number of carbonyl (C=O) groups is 1. The number of hydrogen-bond donors (Lipinski definition) is 1. The van der Waals surface area contributed by atoms with E-state index >= 15 is 0 Å². The Hall–Kier alpha value is -2.08. The number of esters is 1. The van der Waals surface area contributed by atoms with Crippen molar-refractivity contribution < 1.29 is 9.53 Å². The van der Waals surface area contributed by atoms with Crippen LogP contribution in [0.5, 0.6) is 0 Å². The Morgan fingerprint density at radius 1 is 1.07 bits per heavy atom. The van der Waals surface area contributed by atoms with Crippen LogP contribution in [0.25, 0.3) is 0 Å².